The maximum atomic E-state index is 12.6. The molecule has 0 saturated carbocycles. The molecule has 0 fully saturated rings. The van der Waals surface area contributed by atoms with Gasteiger partial charge in [0.1, 0.15) is 5.75 Å². The number of imide groups is 1. The van der Waals surface area contributed by atoms with E-state index in [4.69, 9.17) is 4.74 Å². The molecular weight excluding hydrogens is 356 g/mol. The lowest BCUT2D eigenvalue weighted by Crippen LogP contribution is -2.39. The minimum absolute atomic E-state index is 0.111. The lowest BCUT2D eigenvalue weighted by atomic mass is 10.0. The van der Waals surface area contributed by atoms with Gasteiger partial charge >= 0.3 is 0 Å². The van der Waals surface area contributed by atoms with Crippen molar-refractivity contribution in [1.29, 1.82) is 0 Å². The molecule has 0 atom stereocenters. The average molecular weight is 374 g/mol. The minimum atomic E-state index is -0.333. The summed E-state index contributed by atoms with van der Waals surface area (Å²) in [5, 5.41) is 4.50. The van der Waals surface area contributed by atoms with Gasteiger partial charge in [-0.1, -0.05) is 42.5 Å². The second-order valence-corrected chi connectivity index (χ2v) is 6.46. The second kappa shape index (κ2) is 7.52. The van der Waals surface area contributed by atoms with Crippen molar-refractivity contribution in [3.63, 3.8) is 0 Å². The number of rotatable bonds is 6. The van der Waals surface area contributed by atoms with Crippen LogP contribution in [0, 0.1) is 0 Å². The van der Waals surface area contributed by atoms with Crippen LogP contribution >= 0.6 is 0 Å². The molecule has 1 aliphatic heterocycles. The fourth-order valence-electron chi connectivity index (χ4n) is 3.20. The lowest BCUT2D eigenvalue weighted by Gasteiger charge is -2.14. The Bertz CT molecular complexity index is 1010. The zero-order valence-corrected chi connectivity index (χ0v) is 15.1. The summed E-state index contributed by atoms with van der Waals surface area (Å²) in [6.07, 6.45) is 0. The van der Waals surface area contributed by atoms with Gasteiger partial charge in [0.15, 0.2) is 6.61 Å². The fourth-order valence-corrected chi connectivity index (χ4v) is 3.20. The number of benzene rings is 3. The molecular formula is C22H18N2O4. The first-order valence-electron chi connectivity index (χ1n) is 8.97. The highest BCUT2D eigenvalue weighted by molar-refractivity contribution is 6.23. The summed E-state index contributed by atoms with van der Waals surface area (Å²) < 4.78 is 5.37. The van der Waals surface area contributed by atoms with E-state index in [1.165, 1.54) is 4.90 Å². The van der Waals surface area contributed by atoms with Gasteiger partial charge in [-0.2, -0.15) is 0 Å². The van der Waals surface area contributed by atoms with Crippen LogP contribution in [0.25, 0.3) is 10.8 Å². The van der Waals surface area contributed by atoms with Crippen LogP contribution in [0.3, 0.4) is 0 Å². The third-order valence-electron chi connectivity index (χ3n) is 4.61. The molecule has 4 rings (SSSR count). The summed E-state index contributed by atoms with van der Waals surface area (Å²) in [6.45, 7) is 0.152. The SMILES string of the molecule is O=C(COc1ccccc1)NCCN1C(=O)c2cc3ccccc3cc2C1=O. The smallest absolute Gasteiger partial charge is 0.261 e. The lowest BCUT2D eigenvalue weighted by molar-refractivity contribution is -0.123. The van der Waals surface area contributed by atoms with E-state index in [1.54, 1.807) is 24.3 Å². The third kappa shape index (κ3) is 3.44. The van der Waals surface area contributed by atoms with Gasteiger partial charge in [-0.05, 0) is 35.0 Å². The van der Waals surface area contributed by atoms with Crippen molar-refractivity contribution in [1.82, 2.24) is 10.2 Å². The molecule has 6 nitrogen and oxygen atoms in total. The van der Waals surface area contributed by atoms with Crippen LogP contribution in [0.5, 0.6) is 5.75 Å². The average Bonchev–Trinajstić information content (AvgIpc) is 2.96. The maximum absolute atomic E-state index is 12.6. The first-order valence-corrected chi connectivity index (χ1v) is 8.97. The molecule has 1 heterocycles. The monoisotopic (exact) mass is 374 g/mol. The zero-order chi connectivity index (χ0) is 19.5. The molecule has 28 heavy (non-hydrogen) atoms. The first kappa shape index (κ1) is 17.7. The van der Waals surface area contributed by atoms with Crippen molar-refractivity contribution < 1.29 is 19.1 Å². The molecule has 3 aromatic carbocycles. The van der Waals surface area contributed by atoms with Gasteiger partial charge in [0, 0.05) is 13.1 Å². The van der Waals surface area contributed by atoms with E-state index >= 15 is 0 Å². The summed E-state index contributed by atoms with van der Waals surface area (Å²) in [4.78, 5) is 38.3. The number of hydrogen-bond acceptors (Lipinski definition) is 4. The van der Waals surface area contributed by atoms with Crippen molar-refractivity contribution in [2.24, 2.45) is 0 Å². The molecule has 1 N–H and O–H groups in total. The van der Waals surface area contributed by atoms with Gasteiger partial charge in [-0.15, -0.1) is 0 Å². The van der Waals surface area contributed by atoms with E-state index in [0.717, 1.165) is 10.8 Å². The minimum Gasteiger partial charge on any atom is -0.484 e. The molecule has 6 heteroatoms. The Balaban J connectivity index is 1.35. The van der Waals surface area contributed by atoms with Gasteiger partial charge in [0.25, 0.3) is 17.7 Å². The van der Waals surface area contributed by atoms with Crippen LogP contribution < -0.4 is 10.1 Å². The number of nitrogens with one attached hydrogen (secondary N) is 1. The number of ether oxygens (including phenoxy) is 1. The Kier molecular flexibility index (Phi) is 4.76. The van der Waals surface area contributed by atoms with E-state index in [9.17, 15) is 14.4 Å². The number of carbonyl (C=O) groups is 3. The Hall–Kier alpha value is -3.67. The molecule has 3 aromatic rings. The predicted octanol–water partition coefficient (Wildman–Crippen LogP) is 2.63. The molecule has 0 bridgehead atoms. The predicted molar refractivity (Wildman–Crippen MR) is 104 cm³/mol. The van der Waals surface area contributed by atoms with E-state index in [1.807, 2.05) is 42.5 Å². The number of fused-ring (bicyclic) bond motifs is 2. The molecule has 0 unspecified atom stereocenters. The Morgan fingerprint density at radius 1 is 0.857 bits per heavy atom. The fraction of sp³-hybridized carbons (Fsp3) is 0.136. The van der Waals surface area contributed by atoms with E-state index < -0.39 is 0 Å². The topological polar surface area (TPSA) is 75.7 Å². The summed E-state index contributed by atoms with van der Waals surface area (Å²) in [7, 11) is 0. The molecule has 140 valence electrons. The number of hydrogen-bond donors (Lipinski definition) is 1. The van der Waals surface area contributed by atoms with Crippen LogP contribution in [0.2, 0.25) is 0 Å². The molecule has 0 saturated heterocycles. The van der Waals surface area contributed by atoms with E-state index in [2.05, 4.69) is 5.32 Å². The van der Waals surface area contributed by atoms with Crippen LogP contribution in [0.4, 0.5) is 0 Å². The van der Waals surface area contributed by atoms with Gasteiger partial charge < -0.3 is 10.1 Å². The number of carbonyl (C=O) groups excluding carboxylic acids is 3. The maximum Gasteiger partial charge on any atom is 0.261 e. The Labute approximate surface area is 161 Å². The summed E-state index contributed by atoms with van der Waals surface area (Å²) in [6, 6.07) is 20.1. The standard InChI is InChI=1S/C22H18N2O4/c25-20(14-28-17-8-2-1-3-9-17)23-10-11-24-21(26)18-12-15-6-4-5-7-16(15)13-19(18)22(24)27/h1-9,12-13H,10-11,14H2,(H,23,25). The molecule has 0 radical (unpaired) electrons. The summed E-state index contributed by atoms with van der Waals surface area (Å²) in [5.74, 6) is -0.377. The van der Waals surface area contributed by atoms with Crippen molar-refractivity contribution in [2.45, 2.75) is 0 Å². The Morgan fingerprint density at radius 2 is 1.43 bits per heavy atom. The van der Waals surface area contributed by atoms with Crippen molar-refractivity contribution in [2.75, 3.05) is 19.7 Å². The molecule has 3 amide bonds. The largest absolute Gasteiger partial charge is 0.484 e. The molecule has 0 aliphatic carbocycles. The van der Waals surface area contributed by atoms with E-state index in [-0.39, 0.29) is 37.4 Å². The van der Waals surface area contributed by atoms with Crippen molar-refractivity contribution in [3.05, 3.63) is 77.9 Å². The highest BCUT2D eigenvalue weighted by atomic mass is 16.5. The van der Waals surface area contributed by atoms with Gasteiger partial charge in [0.05, 0.1) is 11.1 Å². The van der Waals surface area contributed by atoms with Crippen LogP contribution in [0.15, 0.2) is 66.7 Å². The third-order valence-corrected chi connectivity index (χ3v) is 4.61. The number of nitrogens with zero attached hydrogens (tertiary/aromatic N) is 1. The Morgan fingerprint density at radius 3 is 2.04 bits per heavy atom. The normalized spacial score (nSPS) is 12.9. The molecule has 1 aliphatic rings. The van der Waals surface area contributed by atoms with Gasteiger partial charge in [0.2, 0.25) is 0 Å². The van der Waals surface area contributed by atoms with Crippen LogP contribution in [0.1, 0.15) is 20.7 Å². The first-order chi connectivity index (χ1) is 13.6. The number of para-hydroxylation sites is 1. The van der Waals surface area contributed by atoms with Crippen LogP contribution in [-0.2, 0) is 4.79 Å². The van der Waals surface area contributed by atoms with E-state index in [0.29, 0.717) is 16.9 Å². The molecule has 0 aromatic heterocycles. The van der Waals surface area contributed by atoms with Crippen LogP contribution in [-0.4, -0.2) is 42.3 Å². The summed E-state index contributed by atoms with van der Waals surface area (Å²) in [5.41, 5.74) is 0.810. The highest BCUT2D eigenvalue weighted by Crippen LogP contribution is 2.27. The highest BCUT2D eigenvalue weighted by Gasteiger charge is 2.35. The van der Waals surface area contributed by atoms with Gasteiger partial charge in [-0.3, -0.25) is 19.3 Å². The summed E-state index contributed by atoms with van der Waals surface area (Å²) >= 11 is 0. The van der Waals surface area contributed by atoms with Crippen molar-refractivity contribution >= 4 is 28.5 Å². The van der Waals surface area contributed by atoms with Crippen molar-refractivity contribution in [3.8, 4) is 5.75 Å². The number of amides is 3. The molecule has 0 spiro atoms. The second-order valence-electron chi connectivity index (χ2n) is 6.46. The zero-order valence-electron chi connectivity index (χ0n) is 15.1. The quantitative estimate of drug-likeness (QED) is 0.673. The van der Waals surface area contributed by atoms with Gasteiger partial charge in [-0.25, -0.2) is 0 Å².